The summed E-state index contributed by atoms with van der Waals surface area (Å²) in [6.07, 6.45) is 0. The summed E-state index contributed by atoms with van der Waals surface area (Å²) in [7, 11) is 1.93. The molecule has 11 heteroatoms. The van der Waals surface area contributed by atoms with Crippen LogP contribution in [-0.4, -0.2) is 42.8 Å². The molecule has 34 heavy (non-hydrogen) atoms. The van der Waals surface area contributed by atoms with Crippen LogP contribution in [0.25, 0.3) is 11.4 Å². The van der Waals surface area contributed by atoms with Crippen LogP contribution in [-0.2, 0) is 12.8 Å². The third kappa shape index (κ3) is 5.42. The molecule has 0 aliphatic rings. The predicted molar refractivity (Wildman–Crippen MR) is 133 cm³/mol. The summed E-state index contributed by atoms with van der Waals surface area (Å²) in [5.41, 5.74) is 8.69. The van der Waals surface area contributed by atoms with Gasteiger partial charge in [0.2, 0.25) is 11.9 Å². The van der Waals surface area contributed by atoms with Gasteiger partial charge < -0.3 is 20.5 Å². The van der Waals surface area contributed by atoms with Crippen molar-refractivity contribution in [3.63, 3.8) is 0 Å². The molecule has 0 bridgehead atoms. The maximum Gasteiger partial charge on any atom is 0.232 e. The fraction of sp³-hybridized carbons (Fsp3) is 0.261. The van der Waals surface area contributed by atoms with Crippen molar-refractivity contribution in [2.45, 2.75) is 24.8 Å². The molecule has 2 aromatic heterocycles. The van der Waals surface area contributed by atoms with Gasteiger partial charge in [-0.25, -0.2) is 4.39 Å². The van der Waals surface area contributed by atoms with Gasteiger partial charge in [0.15, 0.2) is 11.0 Å². The smallest absolute Gasteiger partial charge is 0.232 e. The topological polar surface area (TPSA) is 111 Å². The number of nitrogen functional groups attached to an aromatic ring is 1. The molecule has 0 amide bonds. The third-order valence-corrected chi connectivity index (χ3v) is 6.23. The van der Waals surface area contributed by atoms with E-state index in [-0.39, 0.29) is 11.8 Å². The molecular weight excluding hydrogens is 453 g/mol. The Morgan fingerprint density at radius 1 is 0.971 bits per heavy atom. The van der Waals surface area contributed by atoms with Gasteiger partial charge in [0.1, 0.15) is 11.6 Å². The highest BCUT2D eigenvalue weighted by Gasteiger charge is 2.14. The van der Waals surface area contributed by atoms with Crippen molar-refractivity contribution in [2.24, 2.45) is 7.05 Å². The number of nitrogens with one attached hydrogen (secondary N) is 1. The number of rotatable bonds is 9. The monoisotopic (exact) mass is 479 g/mol. The Balaban J connectivity index is 1.45. The molecule has 2 aromatic carbocycles. The summed E-state index contributed by atoms with van der Waals surface area (Å²) in [5, 5.41) is 12.4. The van der Waals surface area contributed by atoms with Gasteiger partial charge in [0, 0.05) is 37.1 Å². The van der Waals surface area contributed by atoms with Crippen molar-refractivity contribution in [3.8, 4) is 11.4 Å². The maximum absolute atomic E-state index is 13.1. The van der Waals surface area contributed by atoms with Crippen LogP contribution in [0.1, 0.15) is 19.7 Å². The van der Waals surface area contributed by atoms with Crippen LogP contribution in [0.3, 0.4) is 0 Å². The van der Waals surface area contributed by atoms with Gasteiger partial charge in [-0.05, 0) is 62.4 Å². The molecule has 0 radical (unpaired) electrons. The summed E-state index contributed by atoms with van der Waals surface area (Å²) in [6.45, 7) is 6.21. The minimum atomic E-state index is -0.319. The lowest BCUT2D eigenvalue weighted by Crippen LogP contribution is -2.21. The van der Waals surface area contributed by atoms with E-state index in [1.54, 1.807) is 12.1 Å². The lowest BCUT2D eigenvalue weighted by Gasteiger charge is -2.21. The lowest BCUT2D eigenvalue weighted by molar-refractivity contribution is 0.628. The molecular formula is C23H26FN9S. The Kier molecular flexibility index (Phi) is 7.21. The molecule has 0 aliphatic carbocycles. The molecule has 0 saturated heterocycles. The number of aromatic nitrogens is 6. The SMILES string of the molecule is CCN(CC)c1ccc(-c2nnc(SCc3nc(N)nc(Nc4ccc(F)cc4)n3)n2C)cc1. The molecule has 3 N–H and O–H groups in total. The number of thioether (sulfide) groups is 1. The first-order valence-electron chi connectivity index (χ1n) is 10.9. The maximum atomic E-state index is 13.1. The number of nitrogens with two attached hydrogens (primary N) is 1. The molecule has 0 fully saturated rings. The van der Waals surface area contributed by atoms with Crippen molar-refractivity contribution >= 4 is 35.0 Å². The summed E-state index contributed by atoms with van der Waals surface area (Å²) in [4.78, 5) is 15.0. The second-order valence-electron chi connectivity index (χ2n) is 7.44. The molecule has 2 heterocycles. The van der Waals surface area contributed by atoms with Gasteiger partial charge in [-0.2, -0.15) is 15.0 Å². The van der Waals surface area contributed by atoms with Crippen LogP contribution >= 0.6 is 11.8 Å². The molecule has 0 aliphatic heterocycles. The summed E-state index contributed by atoms with van der Waals surface area (Å²) >= 11 is 1.45. The lowest BCUT2D eigenvalue weighted by atomic mass is 10.2. The van der Waals surface area contributed by atoms with E-state index in [0.717, 1.165) is 29.6 Å². The highest BCUT2D eigenvalue weighted by atomic mass is 32.2. The van der Waals surface area contributed by atoms with E-state index < -0.39 is 0 Å². The van der Waals surface area contributed by atoms with Crippen molar-refractivity contribution < 1.29 is 4.39 Å². The van der Waals surface area contributed by atoms with E-state index in [9.17, 15) is 4.39 Å². The Hall–Kier alpha value is -3.73. The van der Waals surface area contributed by atoms with E-state index in [2.05, 4.69) is 73.5 Å². The molecule has 0 spiro atoms. The molecule has 0 saturated carbocycles. The largest absolute Gasteiger partial charge is 0.372 e. The van der Waals surface area contributed by atoms with Gasteiger partial charge >= 0.3 is 0 Å². The minimum absolute atomic E-state index is 0.0992. The van der Waals surface area contributed by atoms with Crippen LogP contribution in [0.4, 0.5) is 27.7 Å². The van der Waals surface area contributed by atoms with Crippen LogP contribution in [0, 0.1) is 5.82 Å². The van der Waals surface area contributed by atoms with Crippen molar-refractivity contribution in [1.29, 1.82) is 0 Å². The Morgan fingerprint density at radius 2 is 1.68 bits per heavy atom. The van der Waals surface area contributed by atoms with Crippen LogP contribution in [0.15, 0.2) is 53.7 Å². The zero-order chi connectivity index (χ0) is 24.1. The first-order chi connectivity index (χ1) is 16.5. The standard InChI is InChI=1S/C23H26FN9S/c1-4-33(5-2)18-12-6-15(7-13-18)20-30-31-23(32(20)3)34-14-19-27-21(25)29-22(28-19)26-17-10-8-16(24)9-11-17/h6-13H,4-5,14H2,1-3H3,(H3,25,26,27,28,29). The molecule has 4 rings (SSSR count). The van der Waals surface area contributed by atoms with Crippen molar-refractivity contribution in [1.82, 2.24) is 29.7 Å². The fourth-order valence-corrected chi connectivity index (χ4v) is 4.22. The number of anilines is 4. The first kappa shape index (κ1) is 23.4. The van der Waals surface area contributed by atoms with E-state index in [0.29, 0.717) is 23.2 Å². The Labute approximate surface area is 201 Å². The van der Waals surface area contributed by atoms with Crippen LogP contribution < -0.4 is 16.0 Å². The average Bonchev–Trinajstić information content (AvgIpc) is 3.20. The zero-order valence-electron chi connectivity index (χ0n) is 19.2. The Morgan fingerprint density at radius 3 is 2.35 bits per heavy atom. The van der Waals surface area contributed by atoms with Crippen LogP contribution in [0.2, 0.25) is 0 Å². The highest BCUT2D eigenvalue weighted by molar-refractivity contribution is 7.98. The van der Waals surface area contributed by atoms with E-state index in [4.69, 9.17) is 5.73 Å². The average molecular weight is 480 g/mol. The van der Waals surface area contributed by atoms with Gasteiger partial charge in [0.25, 0.3) is 0 Å². The van der Waals surface area contributed by atoms with E-state index in [1.807, 2.05) is 11.6 Å². The fourth-order valence-electron chi connectivity index (χ4n) is 3.45. The van der Waals surface area contributed by atoms with E-state index in [1.165, 1.54) is 29.6 Å². The molecule has 0 atom stereocenters. The second kappa shape index (κ2) is 10.5. The molecule has 9 nitrogen and oxygen atoms in total. The molecule has 4 aromatic rings. The van der Waals surface area contributed by atoms with Gasteiger partial charge in [-0.15, -0.1) is 10.2 Å². The number of hydrogen-bond acceptors (Lipinski definition) is 9. The number of nitrogens with zero attached hydrogens (tertiary/aromatic N) is 7. The number of halogens is 1. The second-order valence-corrected chi connectivity index (χ2v) is 8.38. The predicted octanol–water partition coefficient (Wildman–Crippen LogP) is 4.27. The van der Waals surface area contributed by atoms with Crippen molar-refractivity contribution in [3.05, 3.63) is 60.2 Å². The summed E-state index contributed by atoms with van der Waals surface area (Å²) in [6, 6.07) is 14.2. The number of benzene rings is 2. The highest BCUT2D eigenvalue weighted by Crippen LogP contribution is 2.26. The molecule has 0 unspecified atom stereocenters. The van der Waals surface area contributed by atoms with Crippen LogP contribution in [0.5, 0.6) is 0 Å². The third-order valence-electron chi connectivity index (χ3n) is 5.22. The minimum Gasteiger partial charge on any atom is -0.372 e. The van der Waals surface area contributed by atoms with Gasteiger partial charge in [-0.3, -0.25) is 0 Å². The van der Waals surface area contributed by atoms with Crippen molar-refractivity contribution in [2.75, 3.05) is 29.0 Å². The first-order valence-corrected chi connectivity index (χ1v) is 11.9. The van der Waals surface area contributed by atoms with Gasteiger partial charge in [-0.1, -0.05) is 11.8 Å². The van der Waals surface area contributed by atoms with E-state index >= 15 is 0 Å². The zero-order valence-corrected chi connectivity index (χ0v) is 20.1. The summed E-state index contributed by atoms with van der Waals surface area (Å²) in [5.74, 6) is 1.78. The summed E-state index contributed by atoms with van der Waals surface area (Å²) < 4.78 is 15.1. The normalized spacial score (nSPS) is 10.9. The van der Waals surface area contributed by atoms with Gasteiger partial charge in [0.05, 0.1) is 5.75 Å². The molecule has 176 valence electrons. The Bertz CT molecular complexity index is 1240. The number of hydrogen-bond donors (Lipinski definition) is 2. The quantitative estimate of drug-likeness (QED) is 0.340.